The molecule has 2 aliphatic carbocycles. The standard InChI is InChI=1S/C11H20N2O/c1-2-12-7-10(14)13-8-11(5-6-11)9-3-4-9/h9,12H,2-8H2,1H3,(H,13,14). The molecule has 0 unspecified atom stereocenters. The Balaban J connectivity index is 1.64. The number of hydrogen-bond acceptors (Lipinski definition) is 2. The number of likely N-dealkylation sites (N-methyl/N-ethyl adjacent to an activating group) is 1. The highest BCUT2D eigenvalue weighted by Gasteiger charge is 2.53. The minimum Gasteiger partial charge on any atom is -0.354 e. The predicted molar refractivity (Wildman–Crippen MR) is 55.9 cm³/mol. The van der Waals surface area contributed by atoms with E-state index in [0.717, 1.165) is 19.0 Å². The minimum absolute atomic E-state index is 0.152. The highest BCUT2D eigenvalue weighted by Crippen LogP contribution is 2.60. The molecule has 0 aromatic rings. The van der Waals surface area contributed by atoms with E-state index in [9.17, 15) is 4.79 Å². The first-order valence-electron chi connectivity index (χ1n) is 5.74. The normalized spacial score (nSPS) is 23.2. The van der Waals surface area contributed by atoms with Crippen LogP contribution in [0.25, 0.3) is 0 Å². The number of rotatable bonds is 6. The molecule has 2 saturated carbocycles. The number of carbonyl (C=O) groups is 1. The monoisotopic (exact) mass is 196 g/mol. The Kier molecular flexibility index (Phi) is 2.77. The lowest BCUT2D eigenvalue weighted by Gasteiger charge is -2.14. The molecule has 2 rings (SSSR count). The second-order valence-electron chi connectivity index (χ2n) is 4.69. The van der Waals surface area contributed by atoms with Gasteiger partial charge in [0.25, 0.3) is 0 Å². The Bertz CT molecular complexity index is 219. The van der Waals surface area contributed by atoms with Crippen LogP contribution < -0.4 is 10.6 Å². The summed E-state index contributed by atoms with van der Waals surface area (Å²) in [6, 6.07) is 0. The highest BCUT2D eigenvalue weighted by molar-refractivity contribution is 5.78. The molecule has 0 aromatic carbocycles. The van der Waals surface area contributed by atoms with Gasteiger partial charge in [0.05, 0.1) is 6.54 Å². The van der Waals surface area contributed by atoms with E-state index in [0.29, 0.717) is 12.0 Å². The second kappa shape index (κ2) is 3.89. The van der Waals surface area contributed by atoms with E-state index in [4.69, 9.17) is 0 Å². The molecule has 0 aromatic heterocycles. The van der Waals surface area contributed by atoms with E-state index >= 15 is 0 Å². The maximum absolute atomic E-state index is 11.3. The van der Waals surface area contributed by atoms with E-state index in [1.807, 2.05) is 6.92 Å². The van der Waals surface area contributed by atoms with Crippen molar-refractivity contribution in [2.45, 2.75) is 32.6 Å². The van der Waals surface area contributed by atoms with Gasteiger partial charge in [-0.25, -0.2) is 0 Å². The lowest BCUT2D eigenvalue weighted by atomic mass is 10.0. The Morgan fingerprint density at radius 2 is 2.14 bits per heavy atom. The van der Waals surface area contributed by atoms with Crippen molar-refractivity contribution in [2.24, 2.45) is 11.3 Å². The largest absolute Gasteiger partial charge is 0.354 e. The summed E-state index contributed by atoms with van der Waals surface area (Å²) in [6.07, 6.45) is 5.45. The quantitative estimate of drug-likeness (QED) is 0.663. The fourth-order valence-electron chi connectivity index (χ4n) is 2.16. The molecule has 14 heavy (non-hydrogen) atoms. The van der Waals surface area contributed by atoms with E-state index in [1.165, 1.54) is 25.7 Å². The molecule has 0 atom stereocenters. The van der Waals surface area contributed by atoms with Gasteiger partial charge >= 0.3 is 0 Å². The zero-order valence-electron chi connectivity index (χ0n) is 8.94. The van der Waals surface area contributed by atoms with Crippen LogP contribution in [0.1, 0.15) is 32.6 Å². The molecule has 0 spiro atoms. The van der Waals surface area contributed by atoms with Gasteiger partial charge in [0.1, 0.15) is 0 Å². The molecule has 2 fully saturated rings. The molecule has 0 aliphatic heterocycles. The molecule has 0 saturated heterocycles. The van der Waals surface area contributed by atoms with Crippen LogP contribution in [-0.4, -0.2) is 25.5 Å². The van der Waals surface area contributed by atoms with Crippen molar-refractivity contribution in [1.82, 2.24) is 10.6 Å². The first-order chi connectivity index (χ1) is 6.77. The SMILES string of the molecule is CCNCC(=O)NCC1(C2CC2)CC1. The van der Waals surface area contributed by atoms with Crippen molar-refractivity contribution in [2.75, 3.05) is 19.6 Å². The molecule has 2 aliphatic rings. The summed E-state index contributed by atoms with van der Waals surface area (Å²) in [4.78, 5) is 11.3. The molecule has 0 radical (unpaired) electrons. The maximum atomic E-state index is 11.3. The van der Waals surface area contributed by atoms with E-state index in [2.05, 4.69) is 10.6 Å². The zero-order chi connectivity index (χ0) is 10.0. The number of hydrogen-bond donors (Lipinski definition) is 2. The Morgan fingerprint density at radius 3 is 2.64 bits per heavy atom. The molecule has 2 N–H and O–H groups in total. The smallest absolute Gasteiger partial charge is 0.233 e. The molecule has 1 amide bonds. The van der Waals surface area contributed by atoms with Gasteiger partial charge in [-0.2, -0.15) is 0 Å². The topological polar surface area (TPSA) is 41.1 Å². The minimum atomic E-state index is 0.152. The molecular formula is C11H20N2O. The molecule has 80 valence electrons. The average molecular weight is 196 g/mol. The molecule has 0 bridgehead atoms. The van der Waals surface area contributed by atoms with Crippen LogP contribution in [-0.2, 0) is 4.79 Å². The van der Waals surface area contributed by atoms with Crippen LogP contribution in [0.3, 0.4) is 0 Å². The first kappa shape index (κ1) is 9.97. The Hall–Kier alpha value is -0.570. The summed E-state index contributed by atoms with van der Waals surface area (Å²) in [5.74, 6) is 1.08. The van der Waals surface area contributed by atoms with Crippen LogP contribution >= 0.6 is 0 Å². The van der Waals surface area contributed by atoms with Crippen molar-refractivity contribution in [1.29, 1.82) is 0 Å². The van der Waals surface area contributed by atoms with E-state index < -0.39 is 0 Å². The Labute approximate surface area is 85.6 Å². The average Bonchev–Trinajstić information content (AvgIpc) is 3.03. The van der Waals surface area contributed by atoms with Crippen LogP contribution in [0.4, 0.5) is 0 Å². The fraction of sp³-hybridized carbons (Fsp3) is 0.909. The van der Waals surface area contributed by atoms with Crippen molar-refractivity contribution in [3.63, 3.8) is 0 Å². The number of amides is 1. The summed E-state index contributed by atoms with van der Waals surface area (Å²) >= 11 is 0. The third-order valence-corrected chi connectivity index (χ3v) is 3.51. The van der Waals surface area contributed by atoms with Crippen molar-refractivity contribution in [3.8, 4) is 0 Å². The van der Waals surface area contributed by atoms with Gasteiger partial charge < -0.3 is 10.6 Å². The predicted octanol–water partition coefficient (Wildman–Crippen LogP) is 0.902. The molecule has 3 heteroatoms. The van der Waals surface area contributed by atoms with Gasteiger partial charge in [-0.15, -0.1) is 0 Å². The lowest BCUT2D eigenvalue weighted by molar-refractivity contribution is -0.120. The van der Waals surface area contributed by atoms with Crippen LogP contribution in [0.15, 0.2) is 0 Å². The Morgan fingerprint density at radius 1 is 1.43 bits per heavy atom. The third-order valence-electron chi connectivity index (χ3n) is 3.51. The lowest BCUT2D eigenvalue weighted by Crippen LogP contribution is -2.37. The molecule has 3 nitrogen and oxygen atoms in total. The first-order valence-corrected chi connectivity index (χ1v) is 5.74. The third kappa shape index (κ3) is 2.27. The van der Waals surface area contributed by atoms with Gasteiger partial charge in [0.15, 0.2) is 0 Å². The molecule has 0 heterocycles. The van der Waals surface area contributed by atoms with Gasteiger partial charge in [-0.1, -0.05) is 6.92 Å². The maximum Gasteiger partial charge on any atom is 0.233 e. The van der Waals surface area contributed by atoms with Crippen LogP contribution in [0.2, 0.25) is 0 Å². The van der Waals surface area contributed by atoms with Gasteiger partial charge in [0, 0.05) is 6.54 Å². The van der Waals surface area contributed by atoms with Crippen molar-refractivity contribution < 1.29 is 4.79 Å². The van der Waals surface area contributed by atoms with Gasteiger partial charge in [-0.3, -0.25) is 4.79 Å². The highest BCUT2D eigenvalue weighted by atomic mass is 16.1. The zero-order valence-corrected chi connectivity index (χ0v) is 8.94. The van der Waals surface area contributed by atoms with Gasteiger partial charge in [0.2, 0.25) is 5.91 Å². The van der Waals surface area contributed by atoms with Gasteiger partial charge in [-0.05, 0) is 43.6 Å². The number of carbonyl (C=O) groups excluding carboxylic acids is 1. The molecular weight excluding hydrogens is 176 g/mol. The van der Waals surface area contributed by atoms with Crippen molar-refractivity contribution in [3.05, 3.63) is 0 Å². The number of nitrogens with one attached hydrogen (secondary N) is 2. The van der Waals surface area contributed by atoms with E-state index in [-0.39, 0.29) is 5.91 Å². The fourth-order valence-corrected chi connectivity index (χ4v) is 2.16. The summed E-state index contributed by atoms with van der Waals surface area (Å²) < 4.78 is 0. The van der Waals surface area contributed by atoms with E-state index in [1.54, 1.807) is 0 Å². The summed E-state index contributed by atoms with van der Waals surface area (Å²) in [5, 5.41) is 6.08. The summed E-state index contributed by atoms with van der Waals surface area (Å²) in [6.45, 7) is 4.26. The summed E-state index contributed by atoms with van der Waals surface area (Å²) in [5.41, 5.74) is 0.530. The second-order valence-corrected chi connectivity index (χ2v) is 4.69. The summed E-state index contributed by atoms with van der Waals surface area (Å²) in [7, 11) is 0. The van der Waals surface area contributed by atoms with Crippen LogP contribution in [0, 0.1) is 11.3 Å². The van der Waals surface area contributed by atoms with Crippen molar-refractivity contribution >= 4 is 5.91 Å². The van der Waals surface area contributed by atoms with Crippen LogP contribution in [0.5, 0.6) is 0 Å².